The number of rotatable bonds is 3. The van der Waals surface area contributed by atoms with Crippen LogP contribution >= 0.6 is 0 Å². The number of non-ortho nitro benzene ring substituents is 1. The molecule has 0 saturated carbocycles. The standard InChI is InChI=1S/C13H14FNO4/c1-13(2,3)19-12(16)11(14)8-9-4-6-10(7-5-9)15(17)18/h4-8H,1-3H3/b11-8-. The van der Waals surface area contributed by atoms with Gasteiger partial charge >= 0.3 is 5.97 Å². The minimum absolute atomic E-state index is 0.102. The number of nitro groups is 1. The van der Waals surface area contributed by atoms with Crippen molar-refractivity contribution in [1.29, 1.82) is 0 Å². The van der Waals surface area contributed by atoms with Gasteiger partial charge in [-0.25, -0.2) is 4.79 Å². The molecule has 0 N–H and O–H groups in total. The van der Waals surface area contributed by atoms with Crippen molar-refractivity contribution in [1.82, 2.24) is 0 Å². The SMILES string of the molecule is CC(C)(C)OC(=O)/C(F)=C/c1ccc([N+](=O)[O-])cc1. The quantitative estimate of drug-likeness (QED) is 0.365. The number of nitro benzene ring substituents is 1. The van der Waals surface area contributed by atoms with Crippen LogP contribution in [0.5, 0.6) is 0 Å². The molecule has 1 rings (SSSR count). The number of halogens is 1. The van der Waals surface area contributed by atoms with E-state index in [-0.39, 0.29) is 5.69 Å². The maximum atomic E-state index is 13.5. The van der Waals surface area contributed by atoms with Crippen molar-refractivity contribution in [2.24, 2.45) is 0 Å². The Morgan fingerprint density at radius 2 is 1.84 bits per heavy atom. The van der Waals surface area contributed by atoms with Gasteiger partial charge < -0.3 is 4.74 Å². The highest BCUT2D eigenvalue weighted by atomic mass is 19.1. The van der Waals surface area contributed by atoms with Crippen LogP contribution in [0.4, 0.5) is 10.1 Å². The summed E-state index contributed by atoms with van der Waals surface area (Å²) < 4.78 is 18.4. The summed E-state index contributed by atoms with van der Waals surface area (Å²) in [5, 5.41) is 10.4. The van der Waals surface area contributed by atoms with Gasteiger partial charge in [0.2, 0.25) is 5.83 Å². The summed E-state index contributed by atoms with van der Waals surface area (Å²) in [6.07, 6.45) is 0.970. The van der Waals surface area contributed by atoms with E-state index in [9.17, 15) is 19.3 Å². The molecule has 1 aromatic carbocycles. The van der Waals surface area contributed by atoms with Crippen LogP contribution in [0, 0.1) is 10.1 Å². The van der Waals surface area contributed by atoms with Crippen LogP contribution in [0.25, 0.3) is 6.08 Å². The number of hydrogen-bond acceptors (Lipinski definition) is 4. The van der Waals surface area contributed by atoms with Gasteiger partial charge in [0, 0.05) is 12.1 Å². The fourth-order valence-corrected chi connectivity index (χ4v) is 1.22. The van der Waals surface area contributed by atoms with Crippen LogP contribution in [-0.2, 0) is 9.53 Å². The van der Waals surface area contributed by atoms with Crippen molar-refractivity contribution in [2.45, 2.75) is 26.4 Å². The van der Waals surface area contributed by atoms with E-state index in [0.29, 0.717) is 5.56 Å². The molecule has 19 heavy (non-hydrogen) atoms. The van der Waals surface area contributed by atoms with Gasteiger partial charge in [0.25, 0.3) is 5.69 Å². The van der Waals surface area contributed by atoms with Gasteiger partial charge in [-0.15, -0.1) is 0 Å². The number of ether oxygens (including phenoxy) is 1. The predicted octanol–water partition coefficient (Wildman–Crippen LogP) is 3.25. The fourth-order valence-electron chi connectivity index (χ4n) is 1.22. The molecule has 0 bridgehead atoms. The maximum absolute atomic E-state index is 13.5. The Balaban J connectivity index is 2.84. The molecule has 6 heteroatoms. The number of esters is 1. The molecular formula is C13H14FNO4. The van der Waals surface area contributed by atoms with Crippen molar-refractivity contribution < 1.29 is 18.8 Å². The van der Waals surface area contributed by atoms with Gasteiger partial charge in [0.15, 0.2) is 0 Å². The van der Waals surface area contributed by atoms with Gasteiger partial charge in [-0.05, 0) is 44.5 Å². The van der Waals surface area contributed by atoms with Crippen molar-refractivity contribution in [3.05, 3.63) is 45.8 Å². The topological polar surface area (TPSA) is 69.4 Å². The first-order valence-electron chi connectivity index (χ1n) is 5.54. The lowest BCUT2D eigenvalue weighted by atomic mass is 10.2. The summed E-state index contributed by atoms with van der Waals surface area (Å²) in [5.41, 5.74) is -0.540. The van der Waals surface area contributed by atoms with Crippen molar-refractivity contribution in [3.8, 4) is 0 Å². The zero-order chi connectivity index (χ0) is 14.6. The highest BCUT2D eigenvalue weighted by Gasteiger charge is 2.19. The number of carbonyl (C=O) groups excluding carboxylic acids is 1. The van der Waals surface area contributed by atoms with E-state index < -0.39 is 22.3 Å². The third kappa shape index (κ3) is 4.87. The molecule has 0 heterocycles. The summed E-state index contributed by atoms with van der Waals surface area (Å²) >= 11 is 0. The van der Waals surface area contributed by atoms with Crippen molar-refractivity contribution in [3.63, 3.8) is 0 Å². The largest absolute Gasteiger partial charge is 0.455 e. The Morgan fingerprint density at radius 3 is 2.26 bits per heavy atom. The minimum atomic E-state index is -1.06. The second-order valence-corrected chi connectivity index (χ2v) is 4.84. The van der Waals surface area contributed by atoms with Crippen molar-refractivity contribution >= 4 is 17.7 Å². The van der Waals surface area contributed by atoms with E-state index in [0.717, 1.165) is 6.08 Å². The first-order valence-corrected chi connectivity index (χ1v) is 5.54. The van der Waals surface area contributed by atoms with Crippen molar-refractivity contribution in [2.75, 3.05) is 0 Å². The lowest BCUT2D eigenvalue weighted by Gasteiger charge is -2.18. The Morgan fingerprint density at radius 1 is 1.32 bits per heavy atom. The summed E-state index contributed by atoms with van der Waals surface area (Å²) in [6, 6.07) is 5.16. The average Bonchev–Trinajstić information content (AvgIpc) is 2.27. The van der Waals surface area contributed by atoms with Gasteiger partial charge in [0.05, 0.1) is 4.92 Å². The smallest absolute Gasteiger partial charge is 0.367 e. The summed E-state index contributed by atoms with van der Waals surface area (Å²) in [4.78, 5) is 21.2. The lowest BCUT2D eigenvalue weighted by molar-refractivity contribution is -0.384. The molecule has 0 aliphatic carbocycles. The first-order chi connectivity index (χ1) is 8.69. The van der Waals surface area contributed by atoms with Gasteiger partial charge in [-0.3, -0.25) is 10.1 Å². The number of hydrogen-bond donors (Lipinski definition) is 0. The van der Waals surface area contributed by atoms with E-state index in [1.54, 1.807) is 20.8 Å². The predicted molar refractivity (Wildman–Crippen MR) is 68.0 cm³/mol. The molecule has 0 aliphatic heterocycles. The Hall–Kier alpha value is -2.24. The van der Waals surface area contributed by atoms with Crippen LogP contribution in [0.3, 0.4) is 0 Å². The highest BCUT2D eigenvalue weighted by Crippen LogP contribution is 2.17. The molecule has 0 radical (unpaired) electrons. The molecule has 0 spiro atoms. The van der Waals surface area contributed by atoms with E-state index >= 15 is 0 Å². The Labute approximate surface area is 109 Å². The third-order valence-corrected chi connectivity index (χ3v) is 1.99. The van der Waals surface area contributed by atoms with Crippen LogP contribution in [0.1, 0.15) is 26.3 Å². The summed E-state index contributed by atoms with van der Waals surface area (Å²) in [7, 11) is 0. The average molecular weight is 267 g/mol. The summed E-state index contributed by atoms with van der Waals surface area (Å²) in [6.45, 7) is 4.89. The molecule has 102 valence electrons. The second-order valence-electron chi connectivity index (χ2n) is 4.84. The van der Waals surface area contributed by atoms with Crippen LogP contribution in [0.2, 0.25) is 0 Å². The third-order valence-electron chi connectivity index (χ3n) is 1.99. The van der Waals surface area contributed by atoms with Crippen LogP contribution < -0.4 is 0 Å². The molecule has 0 aromatic heterocycles. The molecule has 0 saturated heterocycles. The van der Waals surface area contributed by atoms with Gasteiger partial charge in [0.1, 0.15) is 5.60 Å². The zero-order valence-electron chi connectivity index (χ0n) is 10.8. The van der Waals surface area contributed by atoms with Crippen LogP contribution in [0.15, 0.2) is 30.1 Å². The molecule has 0 atom stereocenters. The first kappa shape index (κ1) is 14.8. The molecule has 0 fully saturated rings. The zero-order valence-corrected chi connectivity index (χ0v) is 10.8. The number of carbonyl (C=O) groups is 1. The van der Waals surface area contributed by atoms with Gasteiger partial charge in [-0.1, -0.05) is 0 Å². The summed E-state index contributed by atoms with van der Waals surface area (Å²) in [5.74, 6) is -2.12. The second kappa shape index (κ2) is 5.60. The molecule has 1 aromatic rings. The molecule has 0 aliphatic rings. The lowest BCUT2D eigenvalue weighted by Crippen LogP contribution is -2.24. The van der Waals surface area contributed by atoms with Gasteiger partial charge in [-0.2, -0.15) is 4.39 Å². The maximum Gasteiger partial charge on any atom is 0.367 e. The number of nitrogens with zero attached hydrogens (tertiary/aromatic N) is 1. The highest BCUT2D eigenvalue weighted by molar-refractivity contribution is 5.91. The van der Waals surface area contributed by atoms with E-state index in [4.69, 9.17) is 4.74 Å². The number of benzene rings is 1. The van der Waals surface area contributed by atoms with E-state index in [1.807, 2.05) is 0 Å². The normalized spacial score (nSPS) is 12.1. The van der Waals surface area contributed by atoms with Crippen LogP contribution in [-0.4, -0.2) is 16.5 Å². The Kier molecular flexibility index (Phi) is 4.37. The monoisotopic (exact) mass is 267 g/mol. The minimum Gasteiger partial charge on any atom is -0.455 e. The Bertz CT molecular complexity index is 514. The molecule has 5 nitrogen and oxygen atoms in total. The molecule has 0 amide bonds. The van der Waals surface area contributed by atoms with E-state index in [1.165, 1.54) is 24.3 Å². The molecule has 0 unspecified atom stereocenters. The van der Waals surface area contributed by atoms with E-state index in [2.05, 4.69) is 0 Å². The fraction of sp³-hybridized carbons (Fsp3) is 0.308. The molecular weight excluding hydrogens is 253 g/mol.